The van der Waals surface area contributed by atoms with E-state index in [4.69, 9.17) is 0 Å². The summed E-state index contributed by atoms with van der Waals surface area (Å²) in [5.41, 5.74) is 1.19. The van der Waals surface area contributed by atoms with Crippen LogP contribution in [-0.2, 0) is 4.79 Å². The third kappa shape index (κ3) is 4.98. The Kier molecular flexibility index (Phi) is 5.40. The van der Waals surface area contributed by atoms with Crippen LogP contribution >= 0.6 is 0 Å². The van der Waals surface area contributed by atoms with Crippen LogP contribution in [0.2, 0.25) is 0 Å². The second kappa shape index (κ2) is 6.62. The van der Waals surface area contributed by atoms with Gasteiger partial charge in [0.15, 0.2) is 0 Å². The molecule has 0 aromatic heterocycles. The lowest BCUT2D eigenvalue weighted by Gasteiger charge is -2.15. The lowest BCUT2D eigenvalue weighted by atomic mass is 10.2. The number of carbonyl (C=O) groups is 1. The molecule has 0 saturated carbocycles. The summed E-state index contributed by atoms with van der Waals surface area (Å²) in [5, 5.41) is 3.26. The number of hydrogen-bond acceptors (Lipinski definition) is 2. The Hall–Kier alpha value is -0.830. The highest BCUT2D eigenvalue weighted by molar-refractivity contribution is 5.76. The van der Waals surface area contributed by atoms with Gasteiger partial charge in [-0.05, 0) is 32.7 Å². The molecule has 0 bridgehead atoms. The van der Waals surface area contributed by atoms with E-state index in [1.807, 2.05) is 11.8 Å². The van der Waals surface area contributed by atoms with E-state index in [9.17, 15) is 4.79 Å². The van der Waals surface area contributed by atoms with Crippen LogP contribution in [0.3, 0.4) is 0 Å². The van der Waals surface area contributed by atoms with Crippen LogP contribution in [0.1, 0.15) is 32.6 Å². The van der Waals surface area contributed by atoms with Gasteiger partial charge in [0.1, 0.15) is 0 Å². The molecular weight excluding hydrogens is 188 g/mol. The fraction of sp³-hybridized carbons (Fsp3) is 0.750. The summed E-state index contributed by atoms with van der Waals surface area (Å²) in [6, 6.07) is 0. The minimum absolute atomic E-state index is 0.301. The van der Waals surface area contributed by atoms with E-state index in [1.165, 1.54) is 18.4 Å². The van der Waals surface area contributed by atoms with Gasteiger partial charge in [-0.15, -0.1) is 6.58 Å². The van der Waals surface area contributed by atoms with Crippen LogP contribution in [0.15, 0.2) is 12.2 Å². The number of nitrogens with zero attached hydrogens (tertiary/aromatic N) is 1. The quantitative estimate of drug-likeness (QED) is 0.533. The predicted molar refractivity (Wildman–Crippen MR) is 62.7 cm³/mol. The summed E-state index contributed by atoms with van der Waals surface area (Å²) < 4.78 is 0. The molecule has 15 heavy (non-hydrogen) atoms. The van der Waals surface area contributed by atoms with Crippen LogP contribution in [0.4, 0.5) is 0 Å². The summed E-state index contributed by atoms with van der Waals surface area (Å²) in [7, 11) is 0. The average molecular weight is 210 g/mol. The van der Waals surface area contributed by atoms with Crippen molar-refractivity contribution >= 4 is 5.91 Å². The Morgan fingerprint density at radius 1 is 1.27 bits per heavy atom. The number of nitrogens with one attached hydrogen (secondary N) is 1. The van der Waals surface area contributed by atoms with E-state index in [0.717, 1.165) is 32.6 Å². The Labute approximate surface area is 92.5 Å². The molecule has 1 fully saturated rings. The molecule has 0 aromatic carbocycles. The van der Waals surface area contributed by atoms with Crippen LogP contribution in [-0.4, -0.2) is 37.0 Å². The third-order valence-electron chi connectivity index (χ3n) is 2.70. The predicted octanol–water partition coefficient (Wildman–Crippen LogP) is 1.55. The van der Waals surface area contributed by atoms with Crippen molar-refractivity contribution < 1.29 is 4.79 Å². The first-order valence-corrected chi connectivity index (χ1v) is 5.83. The summed E-state index contributed by atoms with van der Waals surface area (Å²) in [4.78, 5) is 13.6. The van der Waals surface area contributed by atoms with Crippen LogP contribution in [0, 0.1) is 0 Å². The standard InChI is InChI=1S/C12H22N2O/c1-11(2)5-7-13-8-6-12(15)14-9-3-4-10-14/h13H,1,3-10H2,2H3. The molecule has 3 nitrogen and oxygen atoms in total. The van der Waals surface area contributed by atoms with Gasteiger partial charge in [-0.1, -0.05) is 5.57 Å². The molecule has 1 aliphatic heterocycles. The van der Waals surface area contributed by atoms with Gasteiger partial charge in [0.2, 0.25) is 5.91 Å². The van der Waals surface area contributed by atoms with Gasteiger partial charge < -0.3 is 10.2 Å². The van der Waals surface area contributed by atoms with Gasteiger partial charge in [-0.25, -0.2) is 0 Å². The fourth-order valence-corrected chi connectivity index (χ4v) is 1.75. The first kappa shape index (κ1) is 12.2. The smallest absolute Gasteiger partial charge is 0.223 e. The van der Waals surface area contributed by atoms with Gasteiger partial charge in [-0.3, -0.25) is 4.79 Å². The van der Waals surface area contributed by atoms with Crippen molar-refractivity contribution in [3.8, 4) is 0 Å². The fourth-order valence-electron chi connectivity index (χ4n) is 1.75. The molecule has 0 aromatic rings. The maximum absolute atomic E-state index is 11.6. The van der Waals surface area contributed by atoms with Crippen molar-refractivity contribution in [2.45, 2.75) is 32.6 Å². The second-order valence-electron chi connectivity index (χ2n) is 4.30. The molecule has 0 spiro atoms. The Balaban J connectivity index is 1.99. The summed E-state index contributed by atoms with van der Waals surface area (Å²) in [6.45, 7) is 9.51. The van der Waals surface area contributed by atoms with Crippen molar-refractivity contribution in [3.63, 3.8) is 0 Å². The Morgan fingerprint density at radius 2 is 1.87 bits per heavy atom. The topological polar surface area (TPSA) is 32.3 Å². The molecule has 0 atom stereocenters. The Bertz CT molecular complexity index is 220. The van der Waals surface area contributed by atoms with Crippen LogP contribution < -0.4 is 5.32 Å². The number of rotatable bonds is 6. The molecule has 3 heteroatoms. The lowest BCUT2D eigenvalue weighted by Crippen LogP contribution is -2.30. The highest BCUT2D eigenvalue weighted by Crippen LogP contribution is 2.08. The normalized spacial score (nSPS) is 15.7. The average Bonchev–Trinajstić information content (AvgIpc) is 2.69. The van der Waals surface area contributed by atoms with Gasteiger partial charge in [0.05, 0.1) is 0 Å². The number of amides is 1. The van der Waals surface area contributed by atoms with Gasteiger partial charge in [-0.2, -0.15) is 0 Å². The monoisotopic (exact) mass is 210 g/mol. The van der Waals surface area contributed by atoms with Gasteiger partial charge in [0.25, 0.3) is 0 Å². The summed E-state index contributed by atoms with van der Waals surface area (Å²) in [6.07, 6.45) is 3.98. The number of carbonyl (C=O) groups excluding carboxylic acids is 1. The van der Waals surface area contributed by atoms with Crippen molar-refractivity contribution in [3.05, 3.63) is 12.2 Å². The minimum atomic E-state index is 0.301. The summed E-state index contributed by atoms with van der Waals surface area (Å²) >= 11 is 0. The van der Waals surface area contributed by atoms with E-state index in [-0.39, 0.29) is 0 Å². The maximum Gasteiger partial charge on any atom is 0.223 e. The molecule has 1 rings (SSSR count). The first-order valence-electron chi connectivity index (χ1n) is 5.83. The first-order chi connectivity index (χ1) is 7.20. The van der Waals surface area contributed by atoms with E-state index < -0.39 is 0 Å². The summed E-state index contributed by atoms with van der Waals surface area (Å²) in [5.74, 6) is 0.301. The maximum atomic E-state index is 11.6. The van der Waals surface area contributed by atoms with E-state index in [1.54, 1.807) is 0 Å². The molecule has 1 saturated heterocycles. The van der Waals surface area contributed by atoms with Crippen LogP contribution in [0.25, 0.3) is 0 Å². The van der Waals surface area contributed by atoms with Gasteiger partial charge >= 0.3 is 0 Å². The molecule has 86 valence electrons. The van der Waals surface area contributed by atoms with Crippen molar-refractivity contribution in [2.75, 3.05) is 26.2 Å². The number of likely N-dealkylation sites (tertiary alicyclic amines) is 1. The molecule has 1 aliphatic rings. The molecule has 0 aliphatic carbocycles. The molecule has 1 N–H and O–H groups in total. The SMILES string of the molecule is C=C(C)CCNCCC(=O)N1CCCC1. The molecular formula is C12H22N2O. The highest BCUT2D eigenvalue weighted by Gasteiger charge is 2.16. The second-order valence-corrected chi connectivity index (χ2v) is 4.30. The van der Waals surface area contributed by atoms with Gasteiger partial charge in [0, 0.05) is 26.1 Å². The van der Waals surface area contributed by atoms with E-state index in [0.29, 0.717) is 12.3 Å². The zero-order valence-electron chi connectivity index (χ0n) is 9.72. The van der Waals surface area contributed by atoms with Crippen molar-refractivity contribution in [1.29, 1.82) is 0 Å². The molecule has 1 amide bonds. The zero-order valence-corrected chi connectivity index (χ0v) is 9.72. The van der Waals surface area contributed by atoms with Crippen molar-refractivity contribution in [2.24, 2.45) is 0 Å². The Morgan fingerprint density at radius 3 is 2.47 bits per heavy atom. The van der Waals surface area contributed by atoms with E-state index >= 15 is 0 Å². The third-order valence-corrected chi connectivity index (χ3v) is 2.70. The van der Waals surface area contributed by atoms with Crippen molar-refractivity contribution in [1.82, 2.24) is 10.2 Å². The van der Waals surface area contributed by atoms with E-state index in [2.05, 4.69) is 11.9 Å². The minimum Gasteiger partial charge on any atom is -0.343 e. The zero-order chi connectivity index (χ0) is 11.1. The largest absolute Gasteiger partial charge is 0.343 e. The lowest BCUT2D eigenvalue weighted by molar-refractivity contribution is -0.130. The molecule has 1 heterocycles. The molecule has 0 radical (unpaired) electrons. The number of hydrogen-bond donors (Lipinski definition) is 1. The molecule has 0 unspecified atom stereocenters. The highest BCUT2D eigenvalue weighted by atomic mass is 16.2. The van der Waals surface area contributed by atoms with Crippen LogP contribution in [0.5, 0.6) is 0 Å².